The Morgan fingerprint density at radius 3 is 2.57 bits per heavy atom. The Labute approximate surface area is 267 Å². The number of halogens is 3. The van der Waals surface area contributed by atoms with E-state index in [0.717, 1.165) is 32.0 Å². The number of hydrogen-bond donors (Lipinski definition) is 4. The predicted molar refractivity (Wildman–Crippen MR) is 173 cm³/mol. The van der Waals surface area contributed by atoms with Gasteiger partial charge in [-0.2, -0.15) is 18.6 Å². The van der Waals surface area contributed by atoms with Crippen LogP contribution < -0.4 is 20.5 Å². The third-order valence-electron chi connectivity index (χ3n) is 8.07. The van der Waals surface area contributed by atoms with Crippen molar-refractivity contribution in [3.8, 4) is 17.0 Å². The van der Waals surface area contributed by atoms with E-state index < -0.39 is 29.0 Å². The minimum absolute atomic E-state index is 0.0608. The lowest BCUT2D eigenvalue weighted by Crippen LogP contribution is -2.30. The van der Waals surface area contributed by atoms with Gasteiger partial charge < -0.3 is 30.5 Å². The monoisotopic (exact) mass is 653 g/mol. The van der Waals surface area contributed by atoms with Crippen molar-refractivity contribution in [2.24, 2.45) is 13.0 Å². The molecule has 2 unspecified atom stereocenters. The van der Waals surface area contributed by atoms with Crippen LogP contribution in [0.4, 0.5) is 24.7 Å². The molecule has 10 nitrogen and oxygen atoms in total. The number of ether oxygens (including phenoxy) is 1. The molecular formula is C32H34F3N7O3S. The van der Waals surface area contributed by atoms with Crippen molar-refractivity contribution in [2.75, 3.05) is 10.5 Å². The van der Waals surface area contributed by atoms with Crippen molar-refractivity contribution < 1.29 is 27.3 Å². The fraction of sp³-hybridized carbons (Fsp3) is 0.312. The van der Waals surface area contributed by atoms with E-state index in [2.05, 4.69) is 15.0 Å². The summed E-state index contributed by atoms with van der Waals surface area (Å²) in [6, 6.07) is 10.5. The van der Waals surface area contributed by atoms with E-state index in [9.17, 15) is 22.5 Å². The van der Waals surface area contributed by atoms with Gasteiger partial charge in [-0.15, -0.1) is 0 Å². The summed E-state index contributed by atoms with van der Waals surface area (Å²) in [6.07, 6.45) is 8.27. The minimum atomic E-state index is -3.14. The van der Waals surface area contributed by atoms with Crippen molar-refractivity contribution in [2.45, 2.75) is 50.5 Å². The minimum Gasteiger partial charge on any atom is -0.588 e. The zero-order valence-corrected chi connectivity index (χ0v) is 26.0. The molecule has 0 aliphatic heterocycles. The summed E-state index contributed by atoms with van der Waals surface area (Å²) in [6.45, 7) is 1.71. The number of aldehydes is 1. The second kappa shape index (κ2) is 14.3. The molecule has 0 bridgehead atoms. The SMILES string of the molecule is CC(Oc1cc(-c2nn(C)c3c(/C(C=N)=C/NC4CCC(C=O)CC4)cnc(N)c23)ccc1N[S+]([O-])C(F)F)c1ccc(F)cc1. The molecule has 0 spiro atoms. The number of carbonyl (C=O) groups excluding carboxylic acids is 1. The number of aromatic nitrogens is 3. The Balaban J connectivity index is 1.53. The number of fused-ring (bicyclic) bond motifs is 1. The summed E-state index contributed by atoms with van der Waals surface area (Å²) < 4.78 is 62.0. The number of nitrogens with one attached hydrogen (secondary N) is 3. The summed E-state index contributed by atoms with van der Waals surface area (Å²) in [7, 11) is 1.74. The van der Waals surface area contributed by atoms with Crippen molar-refractivity contribution >= 4 is 51.8 Å². The Kier molecular flexibility index (Phi) is 10.2. The number of aryl methyl sites for hydroxylation is 1. The molecule has 2 aromatic carbocycles. The third-order valence-corrected chi connectivity index (χ3v) is 8.81. The molecule has 1 aliphatic carbocycles. The number of nitrogen functional groups attached to an aromatic ring is 1. The molecule has 5 N–H and O–H groups in total. The Hall–Kier alpha value is -4.56. The fourth-order valence-electron chi connectivity index (χ4n) is 5.57. The van der Waals surface area contributed by atoms with Crippen LogP contribution in [0.15, 0.2) is 54.9 Å². The molecule has 1 aliphatic rings. The molecule has 2 atom stereocenters. The lowest BCUT2D eigenvalue weighted by molar-refractivity contribution is -0.111. The van der Waals surface area contributed by atoms with Crippen LogP contribution in [0.5, 0.6) is 5.75 Å². The highest BCUT2D eigenvalue weighted by atomic mass is 32.2. The smallest absolute Gasteiger partial charge is 0.421 e. The van der Waals surface area contributed by atoms with Gasteiger partial charge in [0.25, 0.3) is 0 Å². The average molecular weight is 654 g/mol. The van der Waals surface area contributed by atoms with E-state index in [1.807, 2.05) is 0 Å². The predicted octanol–water partition coefficient (Wildman–Crippen LogP) is 6.13. The molecular weight excluding hydrogens is 619 g/mol. The second-order valence-electron chi connectivity index (χ2n) is 11.1. The first kappa shape index (κ1) is 32.8. The number of alkyl halides is 2. The molecule has 2 aromatic heterocycles. The molecule has 1 fully saturated rings. The summed E-state index contributed by atoms with van der Waals surface area (Å²) in [4.78, 5) is 15.5. The van der Waals surface area contributed by atoms with E-state index in [4.69, 9.17) is 21.0 Å². The van der Waals surface area contributed by atoms with Gasteiger partial charge >= 0.3 is 5.76 Å². The molecule has 242 valence electrons. The first-order valence-corrected chi connectivity index (χ1v) is 15.9. The van der Waals surface area contributed by atoms with E-state index in [0.29, 0.717) is 38.9 Å². The quantitative estimate of drug-likeness (QED) is 0.0809. The Morgan fingerprint density at radius 1 is 1.20 bits per heavy atom. The van der Waals surface area contributed by atoms with Crippen LogP contribution in [-0.2, 0) is 23.2 Å². The second-order valence-corrected chi connectivity index (χ2v) is 12.2. The normalized spacial score (nSPS) is 18.3. The first-order chi connectivity index (χ1) is 22.1. The number of anilines is 2. The summed E-state index contributed by atoms with van der Waals surface area (Å²) >= 11 is -2.70. The average Bonchev–Trinajstić information content (AvgIpc) is 3.41. The van der Waals surface area contributed by atoms with E-state index in [-0.39, 0.29) is 29.2 Å². The fourth-order valence-corrected chi connectivity index (χ4v) is 6.05. The standard InChI is InChI=1S/C32H34F3N7O3S/c1-18(20-5-8-23(33)9-6-20)45-27-13-21(7-12-26(27)41-46(44)32(34)35)29-28-30(42(2)40-29)25(16-39-31(28)37)22(14-36)15-38-24-10-3-19(17-43)4-11-24/h5-9,12-19,24,32,36,38,41H,3-4,10-11H2,1-2H3,(H2,37,39)/b22-15+,36-14?. The largest absolute Gasteiger partial charge is 0.588 e. The Morgan fingerprint density at radius 2 is 1.91 bits per heavy atom. The molecule has 0 amide bonds. The van der Waals surface area contributed by atoms with Crippen LogP contribution in [0, 0.1) is 17.1 Å². The highest BCUT2D eigenvalue weighted by Gasteiger charge is 2.26. The maximum absolute atomic E-state index is 13.5. The number of benzene rings is 2. The molecule has 1 saturated carbocycles. The number of nitrogens with two attached hydrogens (primary N) is 1. The molecule has 14 heteroatoms. The van der Waals surface area contributed by atoms with Crippen molar-refractivity contribution in [1.82, 2.24) is 20.1 Å². The third kappa shape index (κ3) is 7.12. The van der Waals surface area contributed by atoms with Crippen LogP contribution in [-0.4, -0.2) is 43.6 Å². The maximum atomic E-state index is 13.5. The van der Waals surface area contributed by atoms with Gasteiger partial charge in [-0.25, -0.2) is 9.37 Å². The van der Waals surface area contributed by atoms with Gasteiger partial charge in [0.2, 0.25) is 0 Å². The molecule has 5 rings (SSSR count). The highest BCUT2D eigenvalue weighted by Crippen LogP contribution is 2.39. The molecule has 0 radical (unpaired) electrons. The summed E-state index contributed by atoms with van der Waals surface area (Å²) in [5.41, 5.74) is 9.80. The van der Waals surface area contributed by atoms with Crippen LogP contribution >= 0.6 is 0 Å². The zero-order valence-electron chi connectivity index (χ0n) is 25.2. The van der Waals surface area contributed by atoms with Crippen LogP contribution in [0.1, 0.15) is 49.8 Å². The van der Waals surface area contributed by atoms with E-state index in [1.165, 1.54) is 24.4 Å². The molecule has 2 heterocycles. The van der Waals surface area contributed by atoms with Crippen molar-refractivity contribution in [3.05, 3.63) is 71.8 Å². The van der Waals surface area contributed by atoms with Gasteiger partial charge in [-0.3, -0.25) is 4.68 Å². The van der Waals surface area contributed by atoms with Crippen LogP contribution in [0.2, 0.25) is 0 Å². The number of allylic oxidation sites excluding steroid dienone is 1. The van der Waals surface area contributed by atoms with Crippen LogP contribution in [0.3, 0.4) is 0 Å². The van der Waals surface area contributed by atoms with Crippen LogP contribution in [0.25, 0.3) is 27.7 Å². The first-order valence-electron chi connectivity index (χ1n) is 14.6. The topological polar surface area (TPSA) is 154 Å². The van der Waals surface area contributed by atoms with Gasteiger partial charge in [0.1, 0.15) is 52.5 Å². The highest BCUT2D eigenvalue weighted by molar-refractivity contribution is 7.93. The summed E-state index contributed by atoms with van der Waals surface area (Å²) in [5.74, 6) is -3.17. The number of carbonyl (C=O) groups is 1. The van der Waals surface area contributed by atoms with Gasteiger partial charge in [-0.05, 0) is 62.4 Å². The van der Waals surface area contributed by atoms with E-state index in [1.54, 1.807) is 55.3 Å². The zero-order chi connectivity index (χ0) is 33.0. The lowest BCUT2D eigenvalue weighted by Gasteiger charge is -2.25. The van der Waals surface area contributed by atoms with Crippen molar-refractivity contribution in [3.63, 3.8) is 0 Å². The van der Waals surface area contributed by atoms with E-state index >= 15 is 0 Å². The molecule has 4 aromatic rings. The maximum Gasteiger partial charge on any atom is 0.421 e. The Bertz CT molecular complexity index is 1740. The van der Waals surface area contributed by atoms with Crippen molar-refractivity contribution in [1.29, 1.82) is 5.41 Å². The number of rotatable bonds is 12. The number of hydrogen-bond acceptors (Lipinski definition) is 9. The van der Waals surface area contributed by atoms with Gasteiger partial charge in [0, 0.05) is 54.3 Å². The number of nitrogens with zero attached hydrogens (tertiary/aromatic N) is 3. The summed E-state index contributed by atoms with van der Waals surface area (Å²) in [5, 5.41) is 16.7. The molecule has 46 heavy (non-hydrogen) atoms. The number of pyridine rings is 1. The van der Waals surface area contributed by atoms with Gasteiger partial charge in [0.05, 0.1) is 10.9 Å². The molecule has 0 saturated heterocycles. The lowest BCUT2D eigenvalue weighted by atomic mass is 9.87. The van der Waals surface area contributed by atoms with Gasteiger partial charge in [0.15, 0.2) is 0 Å². The van der Waals surface area contributed by atoms with Gasteiger partial charge in [-0.1, -0.05) is 18.2 Å².